The maximum atomic E-state index is 12.1. The molecule has 0 bridgehead atoms. The van der Waals surface area contributed by atoms with Gasteiger partial charge in [-0.25, -0.2) is 0 Å². The third-order valence-corrected chi connectivity index (χ3v) is 3.18. The van der Waals surface area contributed by atoms with Crippen molar-refractivity contribution in [2.24, 2.45) is 0 Å². The van der Waals surface area contributed by atoms with Crippen molar-refractivity contribution in [2.75, 3.05) is 26.3 Å². The molecule has 0 unspecified atom stereocenters. The zero-order chi connectivity index (χ0) is 15.3. The molecule has 1 amide bonds. The van der Waals surface area contributed by atoms with Gasteiger partial charge in [0.05, 0.1) is 6.61 Å². The van der Waals surface area contributed by atoms with E-state index in [0.717, 1.165) is 30.6 Å². The largest absolute Gasteiger partial charge is 0.411 e. The van der Waals surface area contributed by atoms with Crippen LogP contribution in [0.15, 0.2) is 18.2 Å². The van der Waals surface area contributed by atoms with Gasteiger partial charge in [-0.3, -0.25) is 4.79 Å². The molecule has 1 heterocycles. The SMILES string of the molecule is O=C(NCCOCC(F)(F)F)c1cccc2c1CCNC2. The number of hydrogen-bond donors (Lipinski definition) is 2. The van der Waals surface area contributed by atoms with Gasteiger partial charge in [0.25, 0.3) is 5.91 Å². The lowest BCUT2D eigenvalue weighted by molar-refractivity contribution is -0.173. The van der Waals surface area contributed by atoms with Crippen molar-refractivity contribution in [3.8, 4) is 0 Å². The van der Waals surface area contributed by atoms with Crippen LogP contribution in [0.4, 0.5) is 13.2 Å². The van der Waals surface area contributed by atoms with E-state index in [-0.39, 0.29) is 19.1 Å². The van der Waals surface area contributed by atoms with Crippen LogP contribution in [0.1, 0.15) is 21.5 Å². The second-order valence-electron chi connectivity index (χ2n) is 4.79. The fraction of sp³-hybridized carbons (Fsp3) is 0.500. The Morgan fingerprint density at radius 3 is 2.95 bits per heavy atom. The molecule has 116 valence electrons. The molecule has 0 radical (unpaired) electrons. The Kier molecular flexibility index (Phi) is 5.19. The minimum Gasteiger partial charge on any atom is -0.370 e. The maximum Gasteiger partial charge on any atom is 0.411 e. The molecule has 4 nitrogen and oxygen atoms in total. The summed E-state index contributed by atoms with van der Waals surface area (Å²) in [5.41, 5.74) is 2.68. The number of carbonyl (C=O) groups excluding carboxylic acids is 1. The van der Waals surface area contributed by atoms with E-state index < -0.39 is 12.8 Å². The number of carbonyl (C=O) groups is 1. The van der Waals surface area contributed by atoms with E-state index in [9.17, 15) is 18.0 Å². The zero-order valence-corrected chi connectivity index (χ0v) is 11.4. The van der Waals surface area contributed by atoms with Crippen molar-refractivity contribution in [2.45, 2.75) is 19.1 Å². The van der Waals surface area contributed by atoms with E-state index in [1.54, 1.807) is 12.1 Å². The Labute approximate surface area is 120 Å². The third kappa shape index (κ3) is 4.71. The monoisotopic (exact) mass is 302 g/mol. The molecule has 0 atom stereocenters. The fourth-order valence-corrected chi connectivity index (χ4v) is 2.26. The summed E-state index contributed by atoms with van der Waals surface area (Å²) in [5, 5.41) is 5.81. The molecule has 2 rings (SSSR count). The van der Waals surface area contributed by atoms with Crippen molar-refractivity contribution in [3.05, 3.63) is 34.9 Å². The van der Waals surface area contributed by atoms with Crippen LogP contribution in [-0.4, -0.2) is 38.4 Å². The fourth-order valence-electron chi connectivity index (χ4n) is 2.26. The van der Waals surface area contributed by atoms with Gasteiger partial charge in [0.1, 0.15) is 6.61 Å². The molecule has 1 aliphatic heterocycles. The first-order valence-electron chi connectivity index (χ1n) is 6.71. The van der Waals surface area contributed by atoms with Gasteiger partial charge in [0, 0.05) is 18.7 Å². The van der Waals surface area contributed by atoms with Crippen LogP contribution in [-0.2, 0) is 17.7 Å². The summed E-state index contributed by atoms with van der Waals surface area (Å²) in [7, 11) is 0. The Balaban J connectivity index is 1.84. The molecule has 7 heteroatoms. The summed E-state index contributed by atoms with van der Waals surface area (Å²) in [4.78, 5) is 12.1. The number of halogens is 3. The Morgan fingerprint density at radius 1 is 1.38 bits per heavy atom. The highest BCUT2D eigenvalue weighted by Gasteiger charge is 2.27. The lowest BCUT2D eigenvalue weighted by Crippen LogP contribution is -2.31. The van der Waals surface area contributed by atoms with Crippen LogP contribution in [0.2, 0.25) is 0 Å². The highest BCUT2D eigenvalue weighted by atomic mass is 19.4. The lowest BCUT2D eigenvalue weighted by atomic mass is 9.95. The van der Waals surface area contributed by atoms with Crippen molar-refractivity contribution in [1.82, 2.24) is 10.6 Å². The standard InChI is InChI=1S/C14H17F3N2O2/c15-14(16,17)9-21-7-6-19-13(20)12-3-1-2-10-8-18-5-4-11(10)12/h1-3,18H,4-9H2,(H,19,20). The number of alkyl halides is 3. The predicted molar refractivity (Wildman–Crippen MR) is 71.1 cm³/mol. The molecule has 1 aliphatic rings. The second kappa shape index (κ2) is 6.91. The van der Waals surface area contributed by atoms with Gasteiger partial charge in [-0.2, -0.15) is 13.2 Å². The molecular weight excluding hydrogens is 285 g/mol. The first kappa shape index (κ1) is 15.8. The molecular formula is C14H17F3N2O2. The molecule has 0 saturated carbocycles. The van der Waals surface area contributed by atoms with Gasteiger partial charge >= 0.3 is 6.18 Å². The normalized spacial score (nSPS) is 14.6. The Hall–Kier alpha value is -1.60. The molecule has 0 aliphatic carbocycles. The van der Waals surface area contributed by atoms with Gasteiger partial charge in [0.2, 0.25) is 0 Å². The van der Waals surface area contributed by atoms with E-state index >= 15 is 0 Å². The molecule has 1 aromatic carbocycles. The quantitative estimate of drug-likeness (QED) is 0.813. The first-order chi connectivity index (χ1) is 9.97. The molecule has 21 heavy (non-hydrogen) atoms. The summed E-state index contributed by atoms with van der Waals surface area (Å²) >= 11 is 0. The average Bonchev–Trinajstić information content (AvgIpc) is 2.45. The van der Waals surface area contributed by atoms with Crippen LogP contribution in [0, 0.1) is 0 Å². The summed E-state index contributed by atoms with van der Waals surface area (Å²) < 4.78 is 40.1. The summed E-state index contributed by atoms with van der Waals surface area (Å²) in [5.74, 6) is -0.274. The van der Waals surface area contributed by atoms with Gasteiger partial charge in [-0.1, -0.05) is 12.1 Å². The van der Waals surface area contributed by atoms with Crippen molar-refractivity contribution < 1.29 is 22.7 Å². The van der Waals surface area contributed by atoms with Crippen LogP contribution in [0.3, 0.4) is 0 Å². The summed E-state index contributed by atoms with van der Waals surface area (Å²) in [6, 6.07) is 5.50. The zero-order valence-electron chi connectivity index (χ0n) is 11.4. The van der Waals surface area contributed by atoms with Gasteiger partial charge in [-0.15, -0.1) is 0 Å². The number of amides is 1. The highest BCUT2D eigenvalue weighted by molar-refractivity contribution is 5.96. The van der Waals surface area contributed by atoms with Crippen LogP contribution in [0.25, 0.3) is 0 Å². The number of nitrogens with one attached hydrogen (secondary N) is 2. The van der Waals surface area contributed by atoms with Crippen LogP contribution >= 0.6 is 0 Å². The highest BCUT2D eigenvalue weighted by Crippen LogP contribution is 2.18. The van der Waals surface area contributed by atoms with Gasteiger partial charge in [0.15, 0.2) is 0 Å². The third-order valence-electron chi connectivity index (χ3n) is 3.18. The van der Waals surface area contributed by atoms with Crippen molar-refractivity contribution in [1.29, 1.82) is 0 Å². The van der Waals surface area contributed by atoms with Gasteiger partial charge < -0.3 is 15.4 Å². The molecule has 0 aromatic heterocycles. The predicted octanol–water partition coefficient (Wildman–Crippen LogP) is 1.64. The van der Waals surface area contributed by atoms with E-state index in [2.05, 4.69) is 15.4 Å². The smallest absolute Gasteiger partial charge is 0.370 e. The second-order valence-corrected chi connectivity index (χ2v) is 4.79. The maximum absolute atomic E-state index is 12.1. The first-order valence-corrected chi connectivity index (χ1v) is 6.71. The minimum absolute atomic E-state index is 0.0524. The summed E-state index contributed by atoms with van der Waals surface area (Å²) in [6.45, 7) is 0.130. The van der Waals surface area contributed by atoms with E-state index in [1.165, 1.54) is 0 Å². The molecule has 1 aromatic rings. The number of ether oxygens (including phenoxy) is 1. The molecule has 0 saturated heterocycles. The van der Waals surface area contributed by atoms with Crippen molar-refractivity contribution in [3.63, 3.8) is 0 Å². The van der Waals surface area contributed by atoms with Crippen LogP contribution < -0.4 is 10.6 Å². The molecule has 2 N–H and O–H groups in total. The van der Waals surface area contributed by atoms with Crippen molar-refractivity contribution >= 4 is 5.91 Å². The number of rotatable bonds is 5. The van der Waals surface area contributed by atoms with E-state index in [1.807, 2.05) is 6.07 Å². The topological polar surface area (TPSA) is 50.4 Å². The molecule has 0 fully saturated rings. The lowest BCUT2D eigenvalue weighted by Gasteiger charge is -2.20. The number of fused-ring (bicyclic) bond motifs is 1. The summed E-state index contributed by atoms with van der Waals surface area (Å²) in [6.07, 6.45) is -3.57. The Bertz CT molecular complexity index is 503. The number of benzene rings is 1. The Morgan fingerprint density at radius 2 is 2.19 bits per heavy atom. The molecule has 0 spiro atoms. The van der Waals surface area contributed by atoms with Crippen LogP contribution in [0.5, 0.6) is 0 Å². The van der Waals surface area contributed by atoms with E-state index in [0.29, 0.717) is 5.56 Å². The average molecular weight is 302 g/mol. The minimum atomic E-state index is -4.34. The van der Waals surface area contributed by atoms with E-state index in [4.69, 9.17) is 0 Å². The number of hydrogen-bond acceptors (Lipinski definition) is 3. The van der Waals surface area contributed by atoms with Gasteiger partial charge in [-0.05, 0) is 30.2 Å².